The normalized spacial score (nSPS) is 18.7. The van der Waals surface area contributed by atoms with Gasteiger partial charge < -0.3 is 0 Å². The van der Waals surface area contributed by atoms with Gasteiger partial charge in [-0.05, 0) is 34.2 Å². The van der Waals surface area contributed by atoms with E-state index in [-0.39, 0.29) is 0 Å². The molecule has 1 heterocycles. The first kappa shape index (κ1) is 8.93. The van der Waals surface area contributed by atoms with Crippen LogP contribution in [0.4, 0.5) is 0 Å². The van der Waals surface area contributed by atoms with E-state index in [1.807, 2.05) is 11.3 Å². The van der Waals surface area contributed by atoms with Gasteiger partial charge in [-0.3, -0.25) is 0 Å². The van der Waals surface area contributed by atoms with Crippen LogP contribution in [0.2, 0.25) is 0 Å². The molecule has 1 unspecified atom stereocenters. The predicted octanol–water partition coefficient (Wildman–Crippen LogP) is 4.41. The molecule has 0 radical (unpaired) electrons. The maximum atomic E-state index is 2.33. The van der Waals surface area contributed by atoms with E-state index in [1.54, 1.807) is 0 Å². The highest BCUT2D eigenvalue weighted by molar-refractivity contribution is 7.11. The predicted molar refractivity (Wildman–Crippen MR) is 67.0 cm³/mol. The molecule has 0 spiro atoms. The topological polar surface area (TPSA) is 0 Å². The molecule has 0 aliphatic heterocycles. The number of allylic oxidation sites excluding steroid dienone is 1. The number of thiophene rings is 1. The summed E-state index contributed by atoms with van der Waals surface area (Å²) in [7, 11) is 0. The third-order valence-corrected chi connectivity index (χ3v) is 3.96. The van der Waals surface area contributed by atoms with Gasteiger partial charge in [-0.2, -0.15) is 0 Å². The standard InChI is InChI=1S/C14H12S/c1-10-12-6-3-2-5-11(12)9-13(10)14-7-4-8-15-14/h2-10H,1H3. The van der Waals surface area contributed by atoms with Gasteiger partial charge in [0.05, 0.1) is 0 Å². The molecule has 1 atom stereocenters. The van der Waals surface area contributed by atoms with Crippen molar-refractivity contribution < 1.29 is 0 Å². The van der Waals surface area contributed by atoms with E-state index in [0.29, 0.717) is 5.92 Å². The van der Waals surface area contributed by atoms with Crippen LogP contribution in [0.1, 0.15) is 28.8 Å². The third-order valence-electron chi connectivity index (χ3n) is 3.05. The van der Waals surface area contributed by atoms with Gasteiger partial charge in [0.1, 0.15) is 0 Å². The molecule has 3 rings (SSSR count). The van der Waals surface area contributed by atoms with Crippen LogP contribution in [0, 0.1) is 0 Å². The molecule has 2 aromatic rings. The van der Waals surface area contributed by atoms with E-state index in [9.17, 15) is 0 Å². The highest BCUT2D eigenvalue weighted by Gasteiger charge is 2.21. The van der Waals surface area contributed by atoms with Gasteiger partial charge in [-0.1, -0.05) is 37.3 Å². The first-order valence-electron chi connectivity index (χ1n) is 5.20. The summed E-state index contributed by atoms with van der Waals surface area (Å²) in [5.41, 5.74) is 4.31. The maximum absolute atomic E-state index is 2.33. The molecule has 0 saturated carbocycles. The maximum Gasteiger partial charge on any atom is 0.0308 e. The van der Waals surface area contributed by atoms with Gasteiger partial charge in [0.15, 0.2) is 0 Å². The fourth-order valence-corrected chi connectivity index (χ4v) is 3.06. The van der Waals surface area contributed by atoms with Crippen LogP contribution in [-0.2, 0) is 0 Å². The molecule has 0 amide bonds. The summed E-state index contributed by atoms with van der Waals surface area (Å²) in [5.74, 6) is 0.542. The lowest BCUT2D eigenvalue weighted by Gasteiger charge is -2.08. The largest absolute Gasteiger partial charge is 0.144 e. The molecule has 1 aliphatic rings. The lowest BCUT2D eigenvalue weighted by atomic mass is 9.97. The molecular weight excluding hydrogens is 200 g/mol. The number of hydrogen-bond acceptors (Lipinski definition) is 1. The van der Waals surface area contributed by atoms with Crippen LogP contribution >= 0.6 is 11.3 Å². The molecule has 0 saturated heterocycles. The van der Waals surface area contributed by atoms with E-state index in [0.717, 1.165) is 0 Å². The average molecular weight is 212 g/mol. The monoisotopic (exact) mass is 212 g/mol. The molecule has 0 bridgehead atoms. The lowest BCUT2D eigenvalue weighted by molar-refractivity contribution is 1.01. The van der Waals surface area contributed by atoms with Crippen LogP contribution in [-0.4, -0.2) is 0 Å². The lowest BCUT2D eigenvalue weighted by Crippen LogP contribution is -1.90. The van der Waals surface area contributed by atoms with Crippen molar-refractivity contribution >= 4 is 23.0 Å². The molecule has 74 valence electrons. The molecule has 0 fully saturated rings. The molecule has 1 aromatic carbocycles. The van der Waals surface area contributed by atoms with Crippen molar-refractivity contribution in [3.8, 4) is 0 Å². The first-order valence-corrected chi connectivity index (χ1v) is 6.08. The second-order valence-corrected chi connectivity index (χ2v) is 4.88. The fraction of sp³-hybridized carbons (Fsp3) is 0.143. The second-order valence-electron chi connectivity index (χ2n) is 3.93. The van der Waals surface area contributed by atoms with Crippen LogP contribution in [0.3, 0.4) is 0 Å². The zero-order chi connectivity index (χ0) is 10.3. The molecule has 15 heavy (non-hydrogen) atoms. The van der Waals surface area contributed by atoms with E-state index >= 15 is 0 Å². The van der Waals surface area contributed by atoms with Gasteiger partial charge >= 0.3 is 0 Å². The summed E-state index contributed by atoms with van der Waals surface area (Å²) in [6, 6.07) is 13.0. The van der Waals surface area contributed by atoms with Crippen LogP contribution in [0.5, 0.6) is 0 Å². The van der Waals surface area contributed by atoms with Crippen molar-refractivity contribution in [1.29, 1.82) is 0 Å². The summed E-state index contributed by atoms with van der Waals surface area (Å²) in [6.45, 7) is 2.29. The Bertz CT molecular complexity index is 506. The quantitative estimate of drug-likeness (QED) is 0.657. The van der Waals surface area contributed by atoms with Gasteiger partial charge in [0, 0.05) is 10.8 Å². The minimum Gasteiger partial charge on any atom is -0.144 e. The summed E-state index contributed by atoms with van der Waals surface area (Å²) >= 11 is 1.83. The van der Waals surface area contributed by atoms with E-state index in [2.05, 4.69) is 54.8 Å². The smallest absolute Gasteiger partial charge is 0.0308 e. The SMILES string of the molecule is CC1C(c2cccs2)=Cc2ccccc21. The number of hydrogen-bond donors (Lipinski definition) is 0. The highest BCUT2D eigenvalue weighted by atomic mass is 32.1. The van der Waals surface area contributed by atoms with Gasteiger partial charge in [0.2, 0.25) is 0 Å². The van der Waals surface area contributed by atoms with Crippen LogP contribution in [0.25, 0.3) is 11.6 Å². The summed E-state index contributed by atoms with van der Waals surface area (Å²) in [5, 5.41) is 2.14. The second kappa shape index (κ2) is 3.35. The Morgan fingerprint density at radius 1 is 1.07 bits per heavy atom. The zero-order valence-electron chi connectivity index (χ0n) is 8.60. The van der Waals surface area contributed by atoms with Crippen molar-refractivity contribution in [2.75, 3.05) is 0 Å². The molecule has 1 aliphatic carbocycles. The number of benzene rings is 1. The van der Waals surface area contributed by atoms with Gasteiger partial charge in [-0.25, -0.2) is 0 Å². The Morgan fingerprint density at radius 2 is 1.93 bits per heavy atom. The Labute approximate surface area is 93.9 Å². The van der Waals surface area contributed by atoms with Crippen molar-refractivity contribution in [3.05, 3.63) is 57.8 Å². The Kier molecular flexibility index (Phi) is 2.00. The molecule has 0 nitrogen and oxygen atoms in total. The molecule has 0 N–H and O–H groups in total. The Balaban J connectivity index is 2.11. The summed E-state index contributed by atoms with van der Waals surface area (Å²) in [4.78, 5) is 1.40. The summed E-state index contributed by atoms with van der Waals surface area (Å²) < 4.78 is 0. The van der Waals surface area contributed by atoms with Crippen molar-refractivity contribution in [2.45, 2.75) is 12.8 Å². The summed E-state index contributed by atoms with van der Waals surface area (Å²) in [6.07, 6.45) is 2.33. The number of rotatable bonds is 1. The van der Waals surface area contributed by atoms with E-state index < -0.39 is 0 Å². The minimum absolute atomic E-state index is 0.542. The van der Waals surface area contributed by atoms with Crippen LogP contribution in [0.15, 0.2) is 41.8 Å². The molecular formula is C14H12S. The average Bonchev–Trinajstić information content (AvgIpc) is 2.87. The zero-order valence-corrected chi connectivity index (χ0v) is 9.42. The Morgan fingerprint density at radius 3 is 2.67 bits per heavy atom. The van der Waals surface area contributed by atoms with Crippen molar-refractivity contribution in [2.24, 2.45) is 0 Å². The van der Waals surface area contributed by atoms with Gasteiger partial charge in [-0.15, -0.1) is 11.3 Å². The van der Waals surface area contributed by atoms with E-state index in [4.69, 9.17) is 0 Å². The molecule has 1 aromatic heterocycles. The highest BCUT2D eigenvalue weighted by Crippen LogP contribution is 2.42. The van der Waals surface area contributed by atoms with Crippen LogP contribution < -0.4 is 0 Å². The van der Waals surface area contributed by atoms with Crippen molar-refractivity contribution in [1.82, 2.24) is 0 Å². The number of fused-ring (bicyclic) bond motifs is 1. The first-order chi connectivity index (χ1) is 7.36. The minimum atomic E-state index is 0.542. The van der Waals surface area contributed by atoms with Crippen molar-refractivity contribution in [3.63, 3.8) is 0 Å². The Hall–Kier alpha value is -1.34. The fourth-order valence-electron chi connectivity index (χ4n) is 2.22. The third kappa shape index (κ3) is 1.35. The van der Waals surface area contributed by atoms with Gasteiger partial charge in [0.25, 0.3) is 0 Å². The molecule has 1 heteroatoms. The van der Waals surface area contributed by atoms with E-state index in [1.165, 1.54) is 21.6 Å².